The SMILES string of the molecule is O=C(Nc1ccccc1N1CCOCC1)c1cc2ccccc2[nH]1. The lowest BCUT2D eigenvalue weighted by atomic mass is 10.2. The van der Waals surface area contributed by atoms with E-state index < -0.39 is 0 Å². The zero-order valence-electron chi connectivity index (χ0n) is 13.3. The van der Waals surface area contributed by atoms with Crippen molar-refractivity contribution in [3.8, 4) is 0 Å². The van der Waals surface area contributed by atoms with Crippen LogP contribution >= 0.6 is 0 Å². The topological polar surface area (TPSA) is 57.4 Å². The lowest BCUT2D eigenvalue weighted by Gasteiger charge is -2.30. The molecule has 0 aliphatic carbocycles. The summed E-state index contributed by atoms with van der Waals surface area (Å²) >= 11 is 0. The molecule has 5 nitrogen and oxygen atoms in total. The summed E-state index contributed by atoms with van der Waals surface area (Å²) in [5.74, 6) is -0.132. The molecule has 1 aliphatic heterocycles. The normalized spacial score (nSPS) is 14.8. The van der Waals surface area contributed by atoms with Crippen molar-refractivity contribution in [2.24, 2.45) is 0 Å². The maximum absolute atomic E-state index is 12.6. The molecule has 0 unspecified atom stereocenters. The number of fused-ring (bicyclic) bond motifs is 1. The Hall–Kier alpha value is -2.79. The van der Waals surface area contributed by atoms with E-state index in [1.165, 1.54) is 0 Å². The molecule has 0 radical (unpaired) electrons. The molecule has 4 rings (SSSR count). The van der Waals surface area contributed by atoms with E-state index >= 15 is 0 Å². The number of aromatic amines is 1. The molecule has 5 heteroatoms. The van der Waals surface area contributed by atoms with Crippen molar-refractivity contribution in [1.82, 2.24) is 4.98 Å². The van der Waals surface area contributed by atoms with Gasteiger partial charge in [0.2, 0.25) is 0 Å². The second-order valence-electron chi connectivity index (χ2n) is 5.84. The zero-order valence-corrected chi connectivity index (χ0v) is 13.3. The van der Waals surface area contributed by atoms with Gasteiger partial charge in [0.25, 0.3) is 5.91 Å². The Labute approximate surface area is 140 Å². The van der Waals surface area contributed by atoms with Gasteiger partial charge >= 0.3 is 0 Å². The van der Waals surface area contributed by atoms with Crippen LogP contribution in [0.25, 0.3) is 10.9 Å². The van der Waals surface area contributed by atoms with Crippen molar-refractivity contribution in [3.05, 3.63) is 60.3 Å². The summed E-state index contributed by atoms with van der Waals surface area (Å²) < 4.78 is 5.41. The first-order valence-electron chi connectivity index (χ1n) is 8.12. The van der Waals surface area contributed by atoms with Crippen LogP contribution in [0.15, 0.2) is 54.6 Å². The number of H-pyrrole nitrogens is 1. The number of amides is 1. The van der Waals surface area contributed by atoms with E-state index in [0.717, 1.165) is 35.4 Å². The highest BCUT2D eigenvalue weighted by atomic mass is 16.5. The number of anilines is 2. The number of nitrogens with zero attached hydrogens (tertiary/aromatic N) is 1. The molecule has 1 aliphatic rings. The van der Waals surface area contributed by atoms with Crippen molar-refractivity contribution in [2.75, 3.05) is 36.5 Å². The summed E-state index contributed by atoms with van der Waals surface area (Å²) in [6, 6.07) is 17.6. The van der Waals surface area contributed by atoms with Gasteiger partial charge in [0, 0.05) is 24.0 Å². The third kappa shape index (κ3) is 2.86. The predicted molar refractivity (Wildman–Crippen MR) is 95.7 cm³/mol. The zero-order chi connectivity index (χ0) is 16.4. The molecule has 0 saturated carbocycles. The number of rotatable bonds is 3. The number of carbonyl (C=O) groups is 1. The van der Waals surface area contributed by atoms with Crippen molar-refractivity contribution in [1.29, 1.82) is 0 Å². The number of nitrogens with one attached hydrogen (secondary N) is 2. The molecule has 0 atom stereocenters. The molecular formula is C19H19N3O2. The molecular weight excluding hydrogens is 302 g/mol. The Balaban J connectivity index is 1.59. The fourth-order valence-corrected chi connectivity index (χ4v) is 3.04. The number of carbonyl (C=O) groups excluding carboxylic acids is 1. The van der Waals surface area contributed by atoms with E-state index in [2.05, 4.69) is 15.2 Å². The van der Waals surface area contributed by atoms with Gasteiger partial charge in [-0.25, -0.2) is 0 Å². The molecule has 0 bridgehead atoms. The van der Waals surface area contributed by atoms with E-state index in [4.69, 9.17) is 4.74 Å². The Morgan fingerprint density at radius 2 is 1.79 bits per heavy atom. The van der Waals surface area contributed by atoms with Gasteiger partial charge in [0.1, 0.15) is 5.69 Å². The van der Waals surface area contributed by atoms with Gasteiger partial charge in [-0.3, -0.25) is 4.79 Å². The van der Waals surface area contributed by atoms with E-state index in [1.807, 2.05) is 54.6 Å². The smallest absolute Gasteiger partial charge is 0.272 e. The van der Waals surface area contributed by atoms with Crippen LogP contribution in [0.1, 0.15) is 10.5 Å². The Kier molecular flexibility index (Phi) is 3.92. The van der Waals surface area contributed by atoms with E-state index in [9.17, 15) is 4.79 Å². The Morgan fingerprint density at radius 1 is 1.04 bits per heavy atom. The van der Waals surface area contributed by atoms with Crippen molar-refractivity contribution in [2.45, 2.75) is 0 Å². The Morgan fingerprint density at radius 3 is 2.62 bits per heavy atom. The van der Waals surface area contributed by atoms with Crippen LogP contribution in [-0.2, 0) is 4.74 Å². The van der Waals surface area contributed by atoms with Gasteiger partial charge in [-0.2, -0.15) is 0 Å². The summed E-state index contributed by atoms with van der Waals surface area (Å²) in [6.45, 7) is 3.09. The average Bonchev–Trinajstić information content (AvgIpc) is 3.07. The van der Waals surface area contributed by atoms with Crippen molar-refractivity contribution in [3.63, 3.8) is 0 Å². The second kappa shape index (κ2) is 6.37. The number of morpholine rings is 1. The highest BCUT2D eigenvalue weighted by Gasteiger charge is 2.17. The third-order valence-electron chi connectivity index (χ3n) is 4.28. The number of benzene rings is 2. The monoisotopic (exact) mass is 321 g/mol. The lowest BCUT2D eigenvalue weighted by Crippen LogP contribution is -2.36. The number of aromatic nitrogens is 1. The fraction of sp³-hybridized carbons (Fsp3) is 0.211. The van der Waals surface area contributed by atoms with E-state index in [1.54, 1.807) is 0 Å². The summed E-state index contributed by atoms with van der Waals surface area (Å²) in [5, 5.41) is 4.06. The summed E-state index contributed by atoms with van der Waals surface area (Å²) in [5.41, 5.74) is 3.38. The number of para-hydroxylation sites is 3. The van der Waals surface area contributed by atoms with Crippen LogP contribution in [0.2, 0.25) is 0 Å². The maximum Gasteiger partial charge on any atom is 0.272 e. The van der Waals surface area contributed by atoms with Gasteiger partial charge in [0.05, 0.1) is 24.6 Å². The van der Waals surface area contributed by atoms with Crippen molar-refractivity contribution >= 4 is 28.2 Å². The van der Waals surface area contributed by atoms with Gasteiger partial charge in [0.15, 0.2) is 0 Å². The fourth-order valence-electron chi connectivity index (χ4n) is 3.04. The van der Waals surface area contributed by atoms with Gasteiger partial charge in [-0.15, -0.1) is 0 Å². The van der Waals surface area contributed by atoms with E-state index in [-0.39, 0.29) is 5.91 Å². The first kappa shape index (κ1) is 14.8. The quantitative estimate of drug-likeness (QED) is 0.778. The molecule has 2 aromatic carbocycles. The molecule has 0 spiro atoms. The molecule has 122 valence electrons. The summed E-state index contributed by atoms with van der Waals surface area (Å²) in [7, 11) is 0. The molecule has 1 aromatic heterocycles. The standard InChI is InChI=1S/C19H19N3O2/c23-19(17-13-14-5-1-2-6-15(14)20-17)21-16-7-3-4-8-18(16)22-9-11-24-12-10-22/h1-8,13,20H,9-12H2,(H,21,23). The number of hydrogen-bond acceptors (Lipinski definition) is 3. The van der Waals surface area contributed by atoms with Gasteiger partial charge in [-0.05, 0) is 24.3 Å². The first-order chi connectivity index (χ1) is 11.8. The highest BCUT2D eigenvalue weighted by molar-refractivity contribution is 6.07. The molecule has 1 saturated heterocycles. The minimum Gasteiger partial charge on any atom is -0.378 e. The summed E-state index contributed by atoms with van der Waals surface area (Å²) in [6.07, 6.45) is 0. The van der Waals surface area contributed by atoms with Crippen LogP contribution in [0.5, 0.6) is 0 Å². The average molecular weight is 321 g/mol. The largest absolute Gasteiger partial charge is 0.378 e. The van der Waals surface area contributed by atoms with Crippen LogP contribution < -0.4 is 10.2 Å². The van der Waals surface area contributed by atoms with Crippen LogP contribution in [0.3, 0.4) is 0 Å². The van der Waals surface area contributed by atoms with Crippen LogP contribution in [-0.4, -0.2) is 37.2 Å². The van der Waals surface area contributed by atoms with E-state index in [0.29, 0.717) is 18.9 Å². The minimum atomic E-state index is -0.132. The minimum absolute atomic E-state index is 0.132. The van der Waals surface area contributed by atoms with Crippen molar-refractivity contribution < 1.29 is 9.53 Å². The molecule has 24 heavy (non-hydrogen) atoms. The lowest BCUT2D eigenvalue weighted by molar-refractivity contribution is 0.102. The molecule has 2 N–H and O–H groups in total. The summed E-state index contributed by atoms with van der Waals surface area (Å²) in [4.78, 5) is 18.0. The van der Waals surface area contributed by atoms with Crippen LogP contribution in [0, 0.1) is 0 Å². The number of ether oxygens (including phenoxy) is 1. The predicted octanol–water partition coefficient (Wildman–Crippen LogP) is 3.26. The second-order valence-corrected chi connectivity index (χ2v) is 5.84. The number of hydrogen-bond donors (Lipinski definition) is 2. The maximum atomic E-state index is 12.6. The van der Waals surface area contributed by atoms with Gasteiger partial charge in [-0.1, -0.05) is 30.3 Å². The molecule has 1 fully saturated rings. The molecule has 1 amide bonds. The van der Waals surface area contributed by atoms with Gasteiger partial charge < -0.3 is 19.9 Å². The third-order valence-corrected chi connectivity index (χ3v) is 4.28. The Bertz CT molecular complexity index is 833. The van der Waals surface area contributed by atoms with Crippen LogP contribution in [0.4, 0.5) is 11.4 Å². The molecule has 2 heterocycles. The molecule has 3 aromatic rings. The highest BCUT2D eigenvalue weighted by Crippen LogP contribution is 2.27. The first-order valence-corrected chi connectivity index (χ1v) is 8.12.